The van der Waals surface area contributed by atoms with Crippen molar-refractivity contribution in [2.24, 2.45) is 5.92 Å². The van der Waals surface area contributed by atoms with Crippen LogP contribution in [0.3, 0.4) is 0 Å². The van der Waals surface area contributed by atoms with Crippen molar-refractivity contribution >= 4 is 11.7 Å². The second-order valence-corrected chi connectivity index (χ2v) is 6.43. The van der Waals surface area contributed by atoms with Crippen LogP contribution in [-0.2, 0) is 16.0 Å². The van der Waals surface area contributed by atoms with Crippen LogP contribution in [0.5, 0.6) is 5.75 Å². The van der Waals surface area contributed by atoms with Crippen LogP contribution in [0.25, 0.3) is 0 Å². The first-order valence-electron chi connectivity index (χ1n) is 8.58. The number of hydrogen-bond donors (Lipinski definition) is 1. The number of nitrogens with zero attached hydrogens (tertiary/aromatic N) is 1. The van der Waals surface area contributed by atoms with E-state index in [-0.39, 0.29) is 6.04 Å². The zero-order valence-corrected chi connectivity index (χ0v) is 14.7. The number of methoxy groups -OCH3 is 1. The van der Waals surface area contributed by atoms with E-state index in [1.807, 2.05) is 37.3 Å². The van der Waals surface area contributed by atoms with Crippen LogP contribution >= 0.6 is 0 Å². The van der Waals surface area contributed by atoms with Crippen LogP contribution in [0, 0.1) is 17.2 Å². The third-order valence-corrected chi connectivity index (χ3v) is 4.43. The van der Waals surface area contributed by atoms with Crippen molar-refractivity contribution in [2.45, 2.75) is 45.1 Å². The van der Waals surface area contributed by atoms with Crippen LogP contribution in [-0.4, -0.2) is 24.8 Å². The largest absolute Gasteiger partial charge is 0.496 e. The van der Waals surface area contributed by atoms with Crippen molar-refractivity contribution in [1.29, 1.82) is 5.26 Å². The molecule has 1 fully saturated rings. The Kier molecular flexibility index (Phi) is 6.76. The number of hydrogen-bond acceptors (Lipinski definition) is 4. The predicted molar refractivity (Wildman–Crippen MR) is 95.0 cm³/mol. The first kappa shape index (κ1) is 18.7. The summed E-state index contributed by atoms with van der Waals surface area (Å²) < 4.78 is 5.30. The number of rotatable bonds is 7. The Labute approximate surface area is 148 Å². The molecule has 25 heavy (non-hydrogen) atoms. The Morgan fingerprint density at radius 3 is 2.68 bits per heavy atom. The van der Waals surface area contributed by atoms with Crippen molar-refractivity contribution in [3.05, 3.63) is 41.5 Å². The van der Waals surface area contributed by atoms with Crippen LogP contribution in [0.15, 0.2) is 35.9 Å². The van der Waals surface area contributed by atoms with Gasteiger partial charge in [-0.25, -0.2) is 0 Å². The Morgan fingerprint density at radius 2 is 2.04 bits per heavy atom. The Bertz CT molecular complexity index is 697. The molecule has 0 heterocycles. The highest BCUT2D eigenvalue weighted by atomic mass is 16.5. The number of carbonyl (C=O) groups excluding carboxylic acids is 2. The summed E-state index contributed by atoms with van der Waals surface area (Å²) in [6.45, 7) is 1.81. The minimum atomic E-state index is -1.28. The third-order valence-electron chi connectivity index (χ3n) is 4.43. The SMILES string of the molecule is COc1ccccc1CC(C)=CC(=O)C(C#N)C(=O)NC1CCCC1. The molecular weight excluding hydrogens is 316 g/mol. The van der Waals surface area contributed by atoms with E-state index in [4.69, 9.17) is 4.74 Å². The van der Waals surface area contributed by atoms with Gasteiger partial charge < -0.3 is 10.1 Å². The number of nitrogens with one attached hydrogen (secondary N) is 1. The van der Waals surface area contributed by atoms with Crippen LogP contribution < -0.4 is 10.1 Å². The Balaban J connectivity index is 2.02. The maximum Gasteiger partial charge on any atom is 0.245 e. The molecule has 1 aliphatic carbocycles. The van der Waals surface area contributed by atoms with Gasteiger partial charge in [0.05, 0.1) is 13.2 Å². The smallest absolute Gasteiger partial charge is 0.245 e. The fraction of sp³-hybridized carbons (Fsp3) is 0.450. The van der Waals surface area contributed by atoms with E-state index in [9.17, 15) is 14.9 Å². The van der Waals surface area contributed by atoms with Crippen molar-refractivity contribution in [3.8, 4) is 11.8 Å². The fourth-order valence-electron chi connectivity index (χ4n) is 3.13. The number of para-hydroxylation sites is 1. The monoisotopic (exact) mass is 340 g/mol. The summed E-state index contributed by atoms with van der Waals surface area (Å²) >= 11 is 0. The summed E-state index contributed by atoms with van der Waals surface area (Å²) in [5, 5.41) is 12.1. The van der Waals surface area contributed by atoms with Crippen molar-refractivity contribution in [2.75, 3.05) is 7.11 Å². The number of benzene rings is 1. The molecule has 1 atom stereocenters. The molecule has 1 saturated carbocycles. The van der Waals surface area contributed by atoms with Crippen LogP contribution in [0.2, 0.25) is 0 Å². The number of ketones is 1. The minimum absolute atomic E-state index is 0.0924. The fourth-order valence-corrected chi connectivity index (χ4v) is 3.13. The second-order valence-electron chi connectivity index (χ2n) is 6.43. The molecule has 1 N–H and O–H groups in total. The lowest BCUT2D eigenvalue weighted by atomic mass is 9.99. The highest BCUT2D eigenvalue weighted by Crippen LogP contribution is 2.21. The molecule has 0 aromatic heterocycles. The van der Waals surface area contributed by atoms with Crippen LogP contribution in [0.4, 0.5) is 0 Å². The predicted octanol–water partition coefficient (Wildman–Crippen LogP) is 2.95. The van der Waals surface area contributed by atoms with Gasteiger partial charge in [-0.1, -0.05) is 36.6 Å². The molecule has 1 aliphatic rings. The molecule has 5 heteroatoms. The van der Waals surface area contributed by atoms with E-state index >= 15 is 0 Å². The average molecular weight is 340 g/mol. The summed E-state index contributed by atoms with van der Waals surface area (Å²) in [6.07, 6.45) is 5.91. The van der Waals surface area contributed by atoms with E-state index < -0.39 is 17.6 Å². The number of amides is 1. The van der Waals surface area contributed by atoms with E-state index in [1.54, 1.807) is 7.11 Å². The molecule has 0 bridgehead atoms. The van der Waals surface area contributed by atoms with Gasteiger partial charge in [-0.2, -0.15) is 5.26 Å². The molecule has 1 aromatic carbocycles. The second kappa shape index (κ2) is 9.03. The topological polar surface area (TPSA) is 79.2 Å². The maximum absolute atomic E-state index is 12.4. The van der Waals surface area contributed by atoms with Gasteiger partial charge in [-0.05, 0) is 43.9 Å². The highest BCUT2D eigenvalue weighted by molar-refractivity contribution is 6.09. The van der Waals surface area contributed by atoms with Crippen molar-refractivity contribution < 1.29 is 14.3 Å². The number of ether oxygens (including phenoxy) is 1. The average Bonchev–Trinajstić information content (AvgIpc) is 3.08. The molecule has 2 rings (SSSR count). The van der Waals surface area contributed by atoms with E-state index in [1.165, 1.54) is 6.08 Å². The third kappa shape index (κ3) is 5.18. The molecule has 0 saturated heterocycles. The Hall–Kier alpha value is -2.61. The van der Waals surface area contributed by atoms with E-state index in [2.05, 4.69) is 5.32 Å². The summed E-state index contributed by atoms with van der Waals surface area (Å²) in [5.41, 5.74) is 1.74. The summed E-state index contributed by atoms with van der Waals surface area (Å²) in [7, 11) is 1.60. The minimum Gasteiger partial charge on any atom is -0.496 e. The zero-order chi connectivity index (χ0) is 18.2. The lowest BCUT2D eigenvalue weighted by molar-refractivity contribution is -0.129. The van der Waals surface area contributed by atoms with Gasteiger partial charge in [0, 0.05) is 6.04 Å². The van der Waals surface area contributed by atoms with E-state index in [0.717, 1.165) is 42.6 Å². The van der Waals surface area contributed by atoms with Crippen molar-refractivity contribution in [1.82, 2.24) is 5.32 Å². The number of nitriles is 1. The normalized spacial score (nSPS) is 16.1. The number of carbonyl (C=O) groups is 2. The molecule has 1 unspecified atom stereocenters. The summed E-state index contributed by atoms with van der Waals surface area (Å²) in [5.74, 6) is -1.49. The molecule has 0 radical (unpaired) electrons. The van der Waals surface area contributed by atoms with Gasteiger partial charge in [0.25, 0.3) is 0 Å². The lowest BCUT2D eigenvalue weighted by Gasteiger charge is -2.14. The van der Waals surface area contributed by atoms with Gasteiger partial charge in [-0.15, -0.1) is 0 Å². The molecule has 1 amide bonds. The first-order valence-corrected chi connectivity index (χ1v) is 8.58. The van der Waals surface area contributed by atoms with Gasteiger partial charge in [0.2, 0.25) is 5.91 Å². The van der Waals surface area contributed by atoms with E-state index in [0.29, 0.717) is 6.42 Å². The van der Waals surface area contributed by atoms with Gasteiger partial charge >= 0.3 is 0 Å². The van der Waals surface area contributed by atoms with Gasteiger partial charge in [0.1, 0.15) is 5.75 Å². The maximum atomic E-state index is 12.4. The molecule has 0 spiro atoms. The van der Waals surface area contributed by atoms with Gasteiger partial charge in [-0.3, -0.25) is 9.59 Å². The van der Waals surface area contributed by atoms with Crippen molar-refractivity contribution in [3.63, 3.8) is 0 Å². The van der Waals surface area contributed by atoms with Crippen LogP contribution in [0.1, 0.15) is 38.2 Å². The quantitative estimate of drug-likeness (QED) is 0.611. The molecule has 5 nitrogen and oxygen atoms in total. The Morgan fingerprint density at radius 1 is 1.36 bits per heavy atom. The molecule has 0 aliphatic heterocycles. The lowest BCUT2D eigenvalue weighted by Crippen LogP contribution is -2.39. The molecular formula is C20H24N2O3. The summed E-state index contributed by atoms with van der Waals surface area (Å²) in [6, 6.07) is 9.50. The zero-order valence-electron chi connectivity index (χ0n) is 14.7. The summed E-state index contributed by atoms with van der Waals surface area (Å²) in [4.78, 5) is 24.6. The standard InChI is InChI=1S/C20H24N2O3/c1-14(11-15-7-3-6-10-19(15)25-2)12-18(23)17(13-21)20(24)22-16-8-4-5-9-16/h3,6-7,10,12,16-17H,4-5,8-9,11H2,1-2H3,(H,22,24). The van der Waals surface area contributed by atoms with Gasteiger partial charge in [0.15, 0.2) is 11.7 Å². The molecule has 132 valence electrons. The highest BCUT2D eigenvalue weighted by Gasteiger charge is 2.27. The first-order chi connectivity index (χ1) is 12.0. The number of allylic oxidation sites excluding steroid dienone is 2. The molecule has 1 aromatic rings.